The Morgan fingerprint density at radius 3 is 1.86 bits per heavy atom. The van der Waals surface area contributed by atoms with E-state index in [0.717, 1.165) is 83.1 Å². The van der Waals surface area contributed by atoms with E-state index in [1.807, 2.05) is 66.7 Å². The van der Waals surface area contributed by atoms with E-state index in [2.05, 4.69) is 78.9 Å². The van der Waals surface area contributed by atoms with Crippen molar-refractivity contribution in [1.82, 2.24) is 9.97 Å². The normalized spacial score (nSPS) is 11.6. The van der Waals surface area contributed by atoms with Crippen LogP contribution in [0.3, 0.4) is 0 Å². The van der Waals surface area contributed by atoms with Crippen molar-refractivity contribution >= 4 is 43.9 Å². The smallest absolute Gasteiger partial charge is 0.160 e. The molecule has 0 bridgehead atoms. The first kappa shape index (κ1) is 24.6. The van der Waals surface area contributed by atoms with Crippen LogP contribution in [-0.4, -0.2) is 9.97 Å². The Morgan fingerprint density at radius 2 is 1.02 bits per heavy atom. The van der Waals surface area contributed by atoms with Gasteiger partial charge in [-0.05, 0) is 53.6 Å². The molecule has 44 heavy (non-hydrogen) atoms. The van der Waals surface area contributed by atoms with Crippen molar-refractivity contribution < 1.29 is 8.83 Å². The molecular weight excluding hydrogens is 540 g/mol. The van der Waals surface area contributed by atoms with E-state index in [4.69, 9.17) is 18.8 Å². The highest BCUT2D eigenvalue weighted by Gasteiger charge is 2.16. The molecule has 0 N–H and O–H groups in total. The fourth-order valence-corrected chi connectivity index (χ4v) is 6.19. The zero-order valence-corrected chi connectivity index (χ0v) is 23.6. The second-order valence-corrected chi connectivity index (χ2v) is 11.0. The summed E-state index contributed by atoms with van der Waals surface area (Å²) in [5, 5.41) is 4.39. The van der Waals surface area contributed by atoms with Gasteiger partial charge in [0.15, 0.2) is 5.82 Å². The summed E-state index contributed by atoms with van der Waals surface area (Å²) < 4.78 is 12.6. The van der Waals surface area contributed by atoms with Gasteiger partial charge in [0.1, 0.15) is 22.3 Å². The lowest BCUT2D eigenvalue weighted by Crippen LogP contribution is -1.95. The molecule has 6 aromatic carbocycles. The highest BCUT2D eigenvalue weighted by atomic mass is 16.3. The fraction of sp³-hybridized carbons (Fsp3) is 0. The van der Waals surface area contributed by atoms with Gasteiger partial charge in [0.2, 0.25) is 0 Å². The molecule has 0 aliphatic rings. The van der Waals surface area contributed by atoms with E-state index < -0.39 is 0 Å². The highest BCUT2D eigenvalue weighted by Crippen LogP contribution is 2.40. The number of benzene rings is 6. The third-order valence-corrected chi connectivity index (χ3v) is 8.31. The number of nitrogens with zero attached hydrogens (tertiary/aromatic N) is 2. The van der Waals surface area contributed by atoms with Crippen LogP contribution >= 0.6 is 0 Å². The molecule has 9 aromatic rings. The maximum absolute atomic E-state index is 6.42. The minimum atomic E-state index is 0.692. The van der Waals surface area contributed by atoms with Gasteiger partial charge in [0, 0.05) is 38.2 Å². The van der Waals surface area contributed by atoms with Crippen LogP contribution in [0.15, 0.2) is 154 Å². The van der Waals surface area contributed by atoms with Crippen molar-refractivity contribution in [3.05, 3.63) is 146 Å². The first-order valence-corrected chi connectivity index (χ1v) is 14.7. The van der Waals surface area contributed by atoms with Gasteiger partial charge in [0.25, 0.3) is 0 Å². The first-order chi connectivity index (χ1) is 21.8. The molecule has 0 atom stereocenters. The average molecular weight is 565 g/mol. The summed E-state index contributed by atoms with van der Waals surface area (Å²) in [5.41, 5.74) is 10.4. The summed E-state index contributed by atoms with van der Waals surface area (Å²) in [6, 6.07) is 49.6. The minimum Gasteiger partial charge on any atom is -0.456 e. The summed E-state index contributed by atoms with van der Waals surface area (Å²) in [5.74, 6) is 0.692. The standard InChI is InChI=1S/C40H24N2O2/c1-3-10-25(11-4-1)33-24-34(42-40(41-33)26-12-5-2-6-13-26)28-18-20-30-32-22-27(19-21-36(32)44-38(30)23-28)29-15-9-17-37-39(29)31-14-7-8-16-35(31)43-37/h1-24H. The Morgan fingerprint density at radius 1 is 0.364 bits per heavy atom. The molecule has 4 nitrogen and oxygen atoms in total. The van der Waals surface area contributed by atoms with E-state index in [0.29, 0.717) is 5.82 Å². The van der Waals surface area contributed by atoms with Gasteiger partial charge in [-0.25, -0.2) is 9.97 Å². The van der Waals surface area contributed by atoms with Crippen LogP contribution in [0.5, 0.6) is 0 Å². The molecule has 3 aromatic heterocycles. The molecular formula is C40H24N2O2. The molecule has 0 aliphatic carbocycles. The minimum absolute atomic E-state index is 0.692. The first-order valence-electron chi connectivity index (χ1n) is 14.7. The lowest BCUT2D eigenvalue weighted by atomic mass is 9.97. The van der Waals surface area contributed by atoms with Crippen molar-refractivity contribution in [3.8, 4) is 45.0 Å². The largest absolute Gasteiger partial charge is 0.456 e. The van der Waals surface area contributed by atoms with Crippen molar-refractivity contribution in [2.24, 2.45) is 0 Å². The van der Waals surface area contributed by atoms with E-state index in [-0.39, 0.29) is 0 Å². The molecule has 0 saturated carbocycles. The molecule has 0 fully saturated rings. The molecule has 3 heterocycles. The Hall–Kier alpha value is -6.00. The van der Waals surface area contributed by atoms with Crippen molar-refractivity contribution in [2.45, 2.75) is 0 Å². The van der Waals surface area contributed by atoms with Crippen molar-refractivity contribution in [3.63, 3.8) is 0 Å². The van der Waals surface area contributed by atoms with Crippen molar-refractivity contribution in [2.75, 3.05) is 0 Å². The predicted molar refractivity (Wildman–Crippen MR) is 178 cm³/mol. The Kier molecular flexibility index (Phi) is 5.47. The summed E-state index contributed by atoms with van der Waals surface area (Å²) in [6.45, 7) is 0. The van der Waals surface area contributed by atoms with Crippen LogP contribution < -0.4 is 0 Å². The zero-order valence-electron chi connectivity index (χ0n) is 23.6. The molecule has 0 unspecified atom stereocenters. The summed E-state index contributed by atoms with van der Waals surface area (Å²) in [6.07, 6.45) is 0. The number of aromatic nitrogens is 2. The fourth-order valence-electron chi connectivity index (χ4n) is 6.19. The van der Waals surface area contributed by atoms with E-state index in [1.165, 1.54) is 0 Å². The molecule has 0 radical (unpaired) electrons. The SMILES string of the molecule is c1ccc(-c2cc(-c3ccc4c(c3)oc3ccc(-c5cccc6oc7ccccc7c56)cc34)nc(-c3ccccc3)n2)cc1. The Bertz CT molecular complexity index is 2430. The molecule has 4 heteroatoms. The molecule has 0 spiro atoms. The molecule has 0 aliphatic heterocycles. The topological polar surface area (TPSA) is 52.1 Å². The Balaban J connectivity index is 1.19. The number of furan rings is 2. The molecule has 0 amide bonds. The quantitative estimate of drug-likeness (QED) is 0.213. The van der Waals surface area contributed by atoms with Gasteiger partial charge in [-0.1, -0.05) is 103 Å². The van der Waals surface area contributed by atoms with Gasteiger partial charge >= 0.3 is 0 Å². The zero-order chi connectivity index (χ0) is 29.0. The van der Waals surface area contributed by atoms with E-state index >= 15 is 0 Å². The second-order valence-electron chi connectivity index (χ2n) is 11.0. The van der Waals surface area contributed by atoms with Gasteiger partial charge in [-0.15, -0.1) is 0 Å². The molecule has 0 saturated heterocycles. The highest BCUT2D eigenvalue weighted by molar-refractivity contribution is 6.14. The van der Waals surface area contributed by atoms with E-state index in [1.54, 1.807) is 0 Å². The predicted octanol–water partition coefficient (Wildman–Crippen LogP) is 10.9. The van der Waals surface area contributed by atoms with Gasteiger partial charge in [0.05, 0.1) is 11.4 Å². The maximum Gasteiger partial charge on any atom is 0.160 e. The van der Waals surface area contributed by atoms with Crippen LogP contribution in [0.1, 0.15) is 0 Å². The van der Waals surface area contributed by atoms with Crippen molar-refractivity contribution in [1.29, 1.82) is 0 Å². The average Bonchev–Trinajstić information content (AvgIpc) is 3.66. The third-order valence-electron chi connectivity index (χ3n) is 8.31. The number of rotatable bonds is 4. The molecule has 206 valence electrons. The summed E-state index contributed by atoms with van der Waals surface area (Å²) >= 11 is 0. The molecule has 9 rings (SSSR count). The second kappa shape index (κ2) is 9.79. The van der Waals surface area contributed by atoms with Gasteiger partial charge < -0.3 is 8.83 Å². The van der Waals surface area contributed by atoms with Crippen LogP contribution in [-0.2, 0) is 0 Å². The van der Waals surface area contributed by atoms with Crippen LogP contribution in [0.25, 0.3) is 88.9 Å². The van der Waals surface area contributed by atoms with Gasteiger partial charge in [-0.3, -0.25) is 0 Å². The lowest BCUT2D eigenvalue weighted by molar-refractivity contribution is 0.669. The summed E-state index contributed by atoms with van der Waals surface area (Å²) in [4.78, 5) is 9.93. The Labute approximate surface area is 252 Å². The van der Waals surface area contributed by atoms with Gasteiger partial charge in [-0.2, -0.15) is 0 Å². The van der Waals surface area contributed by atoms with E-state index in [9.17, 15) is 0 Å². The number of hydrogen-bond acceptors (Lipinski definition) is 4. The number of fused-ring (bicyclic) bond motifs is 6. The monoisotopic (exact) mass is 564 g/mol. The summed E-state index contributed by atoms with van der Waals surface area (Å²) in [7, 11) is 0. The van der Waals surface area contributed by atoms with Crippen LogP contribution in [0.2, 0.25) is 0 Å². The number of para-hydroxylation sites is 1. The maximum atomic E-state index is 6.42. The lowest BCUT2D eigenvalue weighted by Gasteiger charge is -2.09. The number of hydrogen-bond donors (Lipinski definition) is 0. The third kappa shape index (κ3) is 4.00. The van der Waals surface area contributed by atoms with Crippen LogP contribution in [0, 0.1) is 0 Å². The van der Waals surface area contributed by atoms with Crippen LogP contribution in [0.4, 0.5) is 0 Å².